The van der Waals surface area contributed by atoms with Crippen LogP contribution in [-0.2, 0) is 38.5 Å². The summed E-state index contributed by atoms with van der Waals surface area (Å²) in [6.07, 6.45) is 0. The van der Waals surface area contributed by atoms with Crippen LogP contribution >= 0.6 is 15.8 Å². The van der Waals surface area contributed by atoms with Gasteiger partial charge in [-0.15, -0.1) is 0 Å². The van der Waals surface area contributed by atoms with E-state index in [0.29, 0.717) is 0 Å². The van der Waals surface area contributed by atoms with Crippen molar-refractivity contribution in [2.75, 3.05) is 0 Å². The molecule has 0 saturated heterocycles. The van der Waals surface area contributed by atoms with Gasteiger partial charge in [0.15, 0.2) is 0 Å². The van der Waals surface area contributed by atoms with Crippen molar-refractivity contribution in [3.05, 3.63) is 0 Å². The van der Waals surface area contributed by atoms with Crippen molar-refractivity contribution < 1.29 is 66.5 Å². The molecular formula is F2FeO6P2V. The fraction of sp³-hybridized carbons (Fsp3) is 0. The summed E-state index contributed by atoms with van der Waals surface area (Å²) in [7, 11) is -11.3. The molecule has 0 radical (unpaired) electrons. The van der Waals surface area contributed by atoms with Crippen LogP contribution in [0.25, 0.3) is 0 Å². The molecule has 0 bridgehead atoms. The quantitative estimate of drug-likeness (QED) is 0.361. The molecule has 0 aliphatic heterocycles. The van der Waals surface area contributed by atoms with Crippen molar-refractivity contribution in [3.63, 3.8) is 0 Å². The van der Waals surface area contributed by atoms with E-state index < -0.39 is 15.8 Å². The van der Waals surface area contributed by atoms with E-state index in [9.17, 15) is 8.39 Å². The first-order valence-corrected chi connectivity index (χ1v) is 6.99. The molecule has 0 fully saturated rings. The van der Waals surface area contributed by atoms with Gasteiger partial charge in [-0.25, -0.2) is 8.39 Å². The molecule has 0 spiro atoms. The molecule has 0 aliphatic carbocycles. The van der Waals surface area contributed by atoms with Gasteiger partial charge in [0.25, 0.3) is 0 Å². The molecular weight excluding hydrogens is 303 g/mol. The predicted octanol–water partition coefficient (Wildman–Crippen LogP) is -2.44. The zero-order valence-electron chi connectivity index (χ0n) is 4.90. The Balaban J connectivity index is -0.000000112. The summed E-state index contributed by atoms with van der Waals surface area (Å²) in [6, 6.07) is 0. The van der Waals surface area contributed by atoms with E-state index in [4.69, 9.17) is 28.7 Å². The summed E-state index contributed by atoms with van der Waals surface area (Å²) in [6.45, 7) is 0. The Labute approximate surface area is 82.4 Å². The first-order chi connectivity index (χ1) is 5.00. The molecule has 0 atom stereocenters. The first-order valence-electron chi connectivity index (χ1n) is 1.59. The minimum atomic E-state index is -5.64. The third-order valence-electron chi connectivity index (χ3n) is 0. The average molecular weight is 303 g/mol. The first kappa shape index (κ1) is 18.9. The van der Waals surface area contributed by atoms with E-state index in [2.05, 4.69) is 29.4 Å². The van der Waals surface area contributed by atoms with Crippen molar-refractivity contribution in [2.24, 2.45) is 0 Å². The molecule has 0 aromatic heterocycles. The Bertz CT molecular complexity index is 136. The van der Waals surface area contributed by atoms with Crippen LogP contribution in [0.2, 0.25) is 0 Å². The van der Waals surface area contributed by atoms with Gasteiger partial charge in [-0.05, 0) is 0 Å². The summed E-state index contributed by atoms with van der Waals surface area (Å²) >= 11 is 5.25. The van der Waals surface area contributed by atoms with Crippen LogP contribution < -0.4 is 19.6 Å². The van der Waals surface area contributed by atoms with Gasteiger partial charge in [0.05, 0.1) is 0 Å². The normalized spacial score (nSPS) is 10.4. The monoisotopic (exact) mass is 303 g/mol. The summed E-state index contributed by atoms with van der Waals surface area (Å²) < 4.78 is 37.1. The van der Waals surface area contributed by atoms with Gasteiger partial charge >= 0.3 is 29.4 Å². The number of hydrogen-bond donors (Lipinski definition) is 0. The molecule has 0 rings (SSSR count). The van der Waals surface area contributed by atoms with Crippen LogP contribution in [0.15, 0.2) is 0 Å². The van der Waals surface area contributed by atoms with E-state index >= 15 is 0 Å². The molecule has 6 nitrogen and oxygen atoms in total. The zero-order chi connectivity index (χ0) is 11.0. The molecule has 73 valence electrons. The summed E-state index contributed by atoms with van der Waals surface area (Å²) in [5.74, 6) is 0. The number of hydrogen-bond acceptors (Lipinski definition) is 6. The Kier molecular flexibility index (Phi) is 14.0. The fourth-order valence-corrected chi connectivity index (χ4v) is 0. The molecule has 0 unspecified atom stereocenters. The zero-order valence-corrected chi connectivity index (χ0v) is 9.19. The van der Waals surface area contributed by atoms with E-state index in [-0.39, 0.29) is 0 Å². The van der Waals surface area contributed by atoms with Gasteiger partial charge in [0.1, 0.15) is 15.8 Å². The van der Waals surface area contributed by atoms with Gasteiger partial charge in [-0.2, -0.15) is 0 Å². The van der Waals surface area contributed by atoms with Crippen LogP contribution in [-0.4, -0.2) is 0 Å². The Hall–Kier alpha value is 1.26. The van der Waals surface area contributed by atoms with Crippen molar-refractivity contribution in [3.8, 4) is 0 Å². The summed E-state index contributed by atoms with van der Waals surface area (Å²) in [5, 5.41) is 0. The molecule has 0 heterocycles. The van der Waals surface area contributed by atoms with Gasteiger partial charge in [-0.3, -0.25) is 0 Å². The maximum atomic E-state index is 10.1. The van der Waals surface area contributed by atoms with Gasteiger partial charge < -0.3 is 28.7 Å². The summed E-state index contributed by atoms with van der Waals surface area (Å²) in [4.78, 5) is 33.8. The molecule has 0 amide bonds. The fourth-order valence-electron chi connectivity index (χ4n) is 0. The average Bonchev–Trinajstić information content (AvgIpc) is 1.59. The molecule has 0 N–H and O–H groups in total. The van der Waals surface area contributed by atoms with Gasteiger partial charge in [0, 0.05) is 0 Å². The third-order valence-corrected chi connectivity index (χ3v) is 0. The predicted molar refractivity (Wildman–Crippen MR) is 17.4 cm³/mol. The second-order valence-electron chi connectivity index (χ2n) is 0.861. The van der Waals surface area contributed by atoms with Crippen LogP contribution in [0, 0.1) is 0 Å². The molecule has 0 aromatic carbocycles. The molecule has 0 saturated carbocycles. The minimum absolute atomic E-state index is 2.06. The van der Waals surface area contributed by atoms with Crippen LogP contribution in [0.1, 0.15) is 0 Å². The molecule has 12 heteroatoms. The SMILES string of the molecule is O=P([O-])([O-])F.O=P([O-])([O-])F.[V+4][Fe]. The Morgan fingerprint density at radius 1 is 0.917 bits per heavy atom. The van der Waals surface area contributed by atoms with Crippen molar-refractivity contribution in [2.45, 2.75) is 0 Å². The third kappa shape index (κ3) is 743. The molecule has 0 aromatic rings. The Morgan fingerprint density at radius 3 is 0.917 bits per heavy atom. The summed E-state index contributed by atoms with van der Waals surface area (Å²) in [5.41, 5.74) is 0. The standard InChI is InChI=1S/2FH2O3P.Fe.V/c2*1-5(2,3)4;;/h2*(H2,2,3,4);;/q;;;+4/p-4. The van der Waals surface area contributed by atoms with E-state index in [1.54, 1.807) is 0 Å². The van der Waals surface area contributed by atoms with Gasteiger partial charge in [-0.1, -0.05) is 0 Å². The molecule has 12 heavy (non-hydrogen) atoms. The second-order valence-corrected chi connectivity index (χ2v) is 2.58. The van der Waals surface area contributed by atoms with Crippen molar-refractivity contribution in [1.29, 1.82) is 0 Å². The molecule has 0 aliphatic rings. The van der Waals surface area contributed by atoms with Crippen molar-refractivity contribution in [1.82, 2.24) is 0 Å². The topological polar surface area (TPSA) is 126 Å². The number of halogens is 2. The maximum absolute atomic E-state index is 10.1. The van der Waals surface area contributed by atoms with E-state index in [1.807, 2.05) is 0 Å². The van der Waals surface area contributed by atoms with Crippen LogP contribution in [0.3, 0.4) is 0 Å². The second kappa shape index (κ2) is 8.84. The number of rotatable bonds is 0. The van der Waals surface area contributed by atoms with Gasteiger partial charge in [0.2, 0.25) is 0 Å². The Morgan fingerprint density at radius 2 is 0.917 bits per heavy atom. The van der Waals surface area contributed by atoms with Crippen LogP contribution in [0.5, 0.6) is 0 Å². The van der Waals surface area contributed by atoms with E-state index in [1.165, 1.54) is 0 Å². The van der Waals surface area contributed by atoms with Crippen molar-refractivity contribution >= 4 is 15.8 Å². The van der Waals surface area contributed by atoms with E-state index in [0.717, 1.165) is 0 Å². The van der Waals surface area contributed by atoms with Crippen LogP contribution in [0.4, 0.5) is 8.39 Å².